The van der Waals surface area contributed by atoms with Crippen LogP contribution in [0, 0.1) is 10.8 Å². The minimum absolute atomic E-state index is 0.0308. The van der Waals surface area contributed by atoms with Crippen molar-refractivity contribution in [2.24, 2.45) is 10.8 Å². The molecule has 3 heteroatoms. The molecule has 0 fully saturated rings. The molecular formula is C17H20O3. The summed E-state index contributed by atoms with van der Waals surface area (Å²) in [7, 11) is 0. The molecule has 1 aliphatic rings. The van der Waals surface area contributed by atoms with Crippen LogP contribution >= 0.6 is 0 Å². The van der Waals surface area contributed by atoms with Crippen LogP contribution in [-0.4, -0.2) is 18.4 Å². The molecule has 0 spiro atoms. The summed E-state index contributed by atoms with van der Waals surface area (Å²) in [6.45, 7) is 5.84. The van der Waals surface area contributed by atoms with Crippen LogP contribution in [0.25, 0.3) is 0 Å². The Labute approximate surface area is 119 Å². The lowest BCUT2D eigenvalue weighted by atomic mass is 9.66. The smallest absolute Gasteiger partial charge is 0.338 e. The standard InChI is InChI=1S/C17H20O3/c1-16(2)10-7-11-17(16,3)14(18)12-20-15(19)13-8-5-4-6-9-13/h4-10H,11-12H2,1-3H3/t17-/m0/s1. The minimum Gasteiger partial charge on any atom is -0.454 e. The highest BCUT2D eigenvalue weighted by atomic mass is 16.5. The van der Waals surface area contributed by atoms with Gasteiger partial charge in [-0.1, -0.05) is 51.1 Å². The first-order chi connectivity index (χ1) is 9.37. The highest BCUT2D eigenvalue weighted by Crippen LogP contribution is 2.48. The molecule has 0 saturated carbocycles. The number of rotatable bonds is 4. The summed E-state index contributed by atoms with van der Waals surface area (Å²) in [5, 5.41) is 0. The van der Waals surface area contributed by atoms with Crippen molar-refractivity contribution in [2.45, 2.75) is 27.2 Å². The maximum absolute atomic E-state index is 12.4. The van der Waals surface area contributed by atoms with Gasteiger partial charge in [-0.3, -0.25) is 4.79 Å². The predicted octanol–water partition coefficient (Wildman–Crippen LogP) is 3.40. The monoisotopic (exact) mass is 272 g/mol. The molecule has 106 valence electrons. The fourth-order valence-electron chi connectivity index (χ4n) is 2.46. The molecule has 2 rings (SSSR count). The van der Waals surface area contributed by atoms with E-state index in [0.717, 1.165) is 0 Å². The highest BCUT2D eigenvalue weighted by Gasteiger charge is 2.47. The molecule has 0 radical (unpaired) electrons. The van der Waals surface area contributed by atoms with Crippen molar-refractivity contribution in [2.75, 3.05) is 6.61 Å². The molecule has 1 aliphatic carbocycles. The summed E-state index contributed by atoms with van der Waals surface area (Å²) in [4.78, 5) is 24.2. The van der Waals surface area contributed by atoms with E-state index < -0.39 is 11.4 Å². The van der Waals surface area contributed by atoms with E-state index in [1.165, 1.54) is 0 Å². The van der Waals surface area contributed by atoms with Crippen molar-refractivity contribution < 1.29 is 14.3 Å². The zero-order valence-electron chi connectivity index (χ0n) is 12.2. The molecule has 3 nitrogen and oxygen atoms in total. The van der Waals surface area contributed by atoms with Gasteiger partial charge in [-0.25, -0.2) is 4.79 Å². The average molecular weight is 272 g/mol. The maximum atomic E-state index is 12.4. The summed E-state index contributed by atoms with van der Waals surface area (Å²) in [5.41, 5.74) is -0.234. The summed E-state index contributed by atoms with van der Waals surface area (Å²) >= 11 is 0. The predicted molar refractivity (Wildman–Crippen MR) is 77.4 cm³/mol. The van der Waals surface area contributed by atoms with Gasteiger partial charge in [0.05, 0.1) is 5.56 Å². The molecule has 0 N–H and O–H groups in total. The normalized spacial score (nSPS) is 23.6. The van der Waals surface area contributed by atoms with Gasteiger partial charge in [-0.15, -0.1) is 0 Å². The lowest BCUT2D eigenvalue weighted by Gasteiger charge is -2.36. The summed E-state index contributed by atoms with van der Waals surface area (Å²) in [6.07, 6.45) is 4.78. The van der Waals surface area contributed by atoms with E-state index in [1.807, 2.05) is 32.9 Å². The van der Waals surface area contributed by atoms with Gasteiger partial charge in [0.2, 0.25) is 0 Å². The second-order valence-corrected chi connectivity index (χ2v) is 6.03. The van der Waals surface area contributed by atoms with Crippen molar-refractivity contribution >= 4 is 11.8 Å². The number of Topliss-reactive ketones (excluding diaryl/α,β-unsaturated/α-hetero) is 1. The van der Waals surface area contributed by atoms with Crippen LogP contribution in [0.1, 0.15) is 37.6 Å². The van der Waals surface area contributed by atoms with Crippen molar-refractivity contribution in [3.8, 4) is 0 Å². The fourth-order valence-corrected chi connectivity index (χ4v) is 2.46. The first-order valence-corrected chi connectivity index (χ1v) is 6.80. The number of carbonyl (C=O) groups excluding carboxylic acids is 2. The van der Waals surface area contributed by atoms with Gasteiger partial charge >= 0.3 is 5.97 Å². The Balaban J connectivity index is 1.98. The minimum atomic E-state index is -0.496. The number of allylic oxidation sites excluding steroid dienone is 2. The van der Waals surface area contributed by atoms with Crippen LogP contribution in [0.5, 0.6) is 0 Å². The van der Waals surface area contributed by atoms with Gasteiger partial charge in [-0.2, -0.15) is 0 Å². The quantitative estimate of drug-likeness (QED) is 0.623. The number of benzene rings is 1. The summed E-state index contributed by atoms with van der Waals surface area (Å²) in [6, 6.07) is 8.72. The molecule has 0 saturated heterocycles. The lowest BCUT2D eigenvalue weighted by molar-refractivity contribution is -0.135. The van der Waals surface area contributed by atoms with Gasteiger partial charge in [0.1, 0.15) is 0 Å². The Kier molecular flexibility index (Phi) is 3.80. The van der Waals surface area contributed by atoms with E-state index in [1.54, 1.807) is 24.3 Å². The van der Waals surface area contributed by atoms with E-state index in [9.17, 15) is 9.59 Å². The van der Waals surface area contributed by atoms with Gasteiger partial charge in [-0.05, 0) is 24.0 Å². The second kappa shape index (κ2) is 5.23. The third kappa shape index (κ3) is 2.53. The maximum Gasteiger partial charge on any atom is 0.338 e. The topological polar surface area (TPSA) is 43.4 Å². The molecule has 0 bridgehead atoms. The van der Waals surface area contributed by atoms with Gasteiger partial charge in [0, 0.05) is 5.41 Å². The molecule has 20 heavy (non-hydrogen) atoms. The highest BCUT2D eigenvalue weighted by molar-refractivity contribution is 5.93. The summed E-state index contributed by atoms with van der Waals surface area (Å²) < 4.78 is 5.14. The SMILES string of the molecule is CC1(C)C=CC[C@@]1(C)C(=O)COC(=O)c1ccccc1. The van der Waals surface area contributed by atoms with Crippen LogP contribution < -0.4 is 0 Å². The Morgan fingerprint density at radius 2 is 1.80 bits per heavy atom. The third-order valence-corrected chi connectivity index (χ3v) is 4.44. The molecule has 1 atom stereocenters. The second-order valence-electron chi connectivity index (χ2n) is 6.03. The zero-order chi connectivity index (χ0) is 14.8. The fraction of sp³-hybridized carbons (Fsp3) is 0.412. The van der Waals surface area contributed by atoms with Crippen LogP contribution in [0.2, 0.25) is 0 Å². The van der Waals surface area contributed by atoms with E-state index in [-0.39, 0.29) is 17.8 Å². The van der Waals surface area contributed by atoms with E-state index in [0.29, 0.717) is 12.0 Å². The molecule has 0 aromatic heterocycles. The Morgan fingerprint density at radius 3 is 2.35 bits per heavy atom. The molecule has 0 amide bonds. The number of hydrogen-bond acceptors (Lipinski definition) is 3. The van der Waals surface area contributed by atoms with Crippen molar-refractivity contribution in [3.05, 3.63) is 48.0 Å². The van der Waals surface area contributed by atoms with Crippen molar-refractivity contribution in [1.29, 1.82) is 0 Å². The Morgan fingerprint density at radius 1 is 1.15 bits per heavy atom. The van der Waals surface area contributed by atoms with Crippen LogP contribution in [0.3, 0.4) is 0 Å². The Hall–Kier alpha value is -1.90. The molecular weight excluding hydrogens is 252 g/mol. The number of ketones is 1. The largest absolute Gasteiger partial charge is 0.454 e. The third-order valence-electron chi connectivity index (χ3n) is 4.44. The molecule has 0 heterocycles. The molecule has 1 aromatic rings. The molecule has 1 aromatic carbocycles. The summed E-state index contributed by atoms with van der Waals surface area (Å²) in [5.74, 6) is -0.483. The van der Waals surface area contributed by atoms with E-state index in [2.05, 4.69) is 6.08 Å². The molecule has 0 unspecified atom stereocenters. The van der Waals surface area contributed by atoms with E-state index in [4.69, 9.17) is 4.74 Å². The lowest BCUT2D eigenvalue weighted by Crippen LogP contribution is -2.40. The zero-order valence-corrected chi connectivity index (χ0v) is 12.2. The average Bonchev–Trinajstić information content (AvgIpc) is 2.71. The van der Waals surface area contributed by atoms with E-state index >= 15 is 0 Å². The Bertz CT molecular complexity index is 543. The number of ether oxygens (including phenoxy) is 1. The van der Waals surface area contributed by atoms with Crippen LogP contribution in [-0.2, 0) is 9.53 Å². The van der Waals surface area contributed by atoms with Gasteiger partial charge < -0.3 is 4.74 Å². The van der Waals surface area contributed by atoms with Crippen molar-refractivity contribution in [3.63, 3.8) is 0 Å². The van der Waals surface area contributed by atoms with Crippen LogP contribution in [0.15, 0.2) is 42.5 Å². The van der Waals surface area contributed by atoms with Crippen molar-refractivity contribution in [1.82, 2.24) is 0 Å². The number of esters is 1. The van der Waals surface area contributed by atoms with Crippen LogP contribution in [0.4, 0.5) is 0 Å². The number of hydrogen-bond donors (Lipinski definition) is 0. The molecule has 0 aliphatic heterocycles. The van der Waals surface area contributed by atoms with Gasteiger partial charge in [0.15, 0.2) is 12.4 Å². The van der Waals surface area contributed by atoms with Gasteiger partial charge in [0.25, 0.3) is 0 Å². The first kappa shape index (κ1) is 14.5. The number of carbonyl (C=O) groups is 2. The first-order valence-electron chi connectivity index (χ1n) is 6.80.